The average Bonchev–Trinajstić information content (AvgIpc) is 3.50. The second-order valence-corrected chi connectivity index (χ2v) is 15.7. The lowest BCUT2D eigenvalue weighted by Crippen LogP contribution is -2.75. The number of nitrogens with zero attached hydrogens (tertiary/aromatic N) is 3. The molecule has 0 fully saturated rings. The predicted octanol–water partition coefficient (Wildman–Crippen LogP) is 7.57. The van der Waals surface area contributed by atoms with Crippen molar-refractivity contribution in [1.82, 2.24) is 4.57 Å². The summed E-state index contributed by atoms with van der Waals surface area (Å²) >= 11 is 0. The van der Waals surface area contributed by atoms with Gasteiger partial charge in [-0.3, -0.25) is 0 Å². The Bertz CT molecular complexity index is 2370. The molecule has 0 spiro atoms. The highest BCUT2D eigenvalue weighted by atomic mass is 28.3. The second-order valence-electron chi connectivity index (χ2n) is 11.9. The van der Waals surface area contributed by atoms with Gasteiger partial charge >= 0.3 is 0 Å². The summed E-state index contributed by atoms with van der Waals surface area (Å²) in [5.41, 5.74) is 5.71. The first-order valence-corrected chi connectivity index (χ1v) is 18.0. The van der Waals surface area contributed by atoms with E-state index in [0.29, 0.717) is 11.1 Å². The summed E-state index contributed by atoms with van der Waals surface area (Å²) in [5, 5.41) is 28.5. The Hall–Kier alpha value is -6.46. The summed E-state index contributed by atoms with van der Waals surface area (Å²) < 4.78 is 2.23. The van der Waals surface area contributed by atoms with Gasteiger partial charge < -0.3 is 4.57 Å². The van der Waals surface area contributed by atoms with E-state index in [0.717, 1.165) is 43.8 Å². The van der Waals surface area contributed by atoms with Crippen molar-refractivity contribution >= 4 is 50.6 Å². The smallest absolute Gasteiger partial charge is 0.180 e. The number of rotatable bonds is 6. The van der Waals surface area contributed by atoms with E-state index < -0.39 is 8.07 Å². The molecule has 0 amide bonds. The fourth-order valence-corrected chi connectivity index (χ4v) is 12.5. The number of aromatic nitrogens is 1. The largest absolute Gasteiger partial charge is 0.309 e. The van der Waals surface area contributed by atoms with E-state index in [4.69, 9.17) is 0 Å². The van der Waals surface area contributed by atoms with Crippen LogP contribution in [0.1, 0.15) is 11.1 Å². The molecule has 1 aromatic heterocycles. The van der Waals surface area contributed by atoms with Crippen molar-refractivity contribution in [2.24, 2.45) is 0 Å². The number of benzene rings is 7. The van der Waals surface area contributed by atoms with E-state index in [9.17, 15) is 10.5 Å². The second kappa shape index (κ2) is 12.0. The third-order valence-electron chi connectivity index (χ3n) is 9.44. The highest BCUT2D eigenvalue weighted by molar-refractivity contribution is 7.20. The van der Waals surface area contributed by atoms with Crippen molar-refractivity contribution in [1.29, 1.82) is 10.5 Å². The van der Waals surface area contributed by atoms with Crippen LogP contribution in [0.2, 0.25) is 0 Å². The van der Waals surface area contributed by atoms with Crippen LogP contribution in [0, 0.1) is 22.7 Å². The van der Waals surface area contributed by atoms with E-state index in [1.165, 1.54) is 15.6 Å². The summed E-state index contributed by atoms with van der Waals surface area (Å²) in [6, 6.07) is 65.9. The van der Waals surface area contributed by atoms with Crippen LogP contribution in [0.5, 0.6) is 0 Å². The van der Waals surface area contributed by atoms with Gasteiger partial charge in [0.25, 0.3) is 0 Å². The van der Waals surface area contributed by atoms with Crippen LogP contribution in [0.15, 0.2) is 176 Å². The Morgan fingerprint density at radius 2 is 0.917 bits per heavy atom. The lowest BCUT2D eigenvalue weighted by atomic mass is 9.95. The van der Waals surface area contributed by atoms with Crippen molar-refractivity contribution in [2.75, 3.05) is 0 Å². The minimum Gasteiger partial charge on any atom is -0.309 e. The van der Waals surface area contributed by atoms with Gasteiger partial charge in [0.1, 0.15) is 0 Å². The Balaban J connectivity index is 1.45. The van der Waals surface area contributed by atoms with Crippen LogP contribution < -0.4 is 20.7 Å². The molecule has 0 N–H and O–H groups in total. The van der Waals surface area contributed by atoms with Crippen LogP contribution in [-0.2, 0) is 0 Å². The SMILES string of the molecule is N#Cc1cc(-n2c3ccccc3c3ccccc32)ccc1-c1c(C#N)cccc1[Si](c1ccccc1)(c1ccccc1)c1ccccc1. The van der Waals surface area contributed by atoms with Gasteiger partial charge in [-0.05, 0) is 51.1 Å². The molecule has 0 aliphatic heterocycles. The Kier molecular flexibility index (Phi) is 7.27. The number of hydrogen-bond donors (Lipinski definition) is 0. The molecule has 48 heavy (non-hydrogen) atoms. The zero-order valence-electron chi connectivity index (χ0n) is 26.1. The Morgan fingerprint density at radius 1 is 0.438 bits per heavy atom. The zero-order valence-corrected chi connectivity index (χ0v) is 27.1. The summed E-state index contributed by atoms with van der Waals surface area (Å²) in [5.74, 6) is 0. The maximum absolute atomic E-state index is 10.8. The van der Waals surface area contributed by atoms with E-state index in [-0.39, 0.29) is 0 Å². The van der Waals surface area contributed by atoms with Gasteiger partial charge in [0.05, 0.1) is 34.3 Å². The van der Waals surface area contributed by atoms with E-state index >= 15 is 0 Å². The molecule has 8 aromatic rings. The van der Waals surface area contributed by atoms with E-state index in [2.05, 4.69) is 138 Å². The number of fused-ring (bicyclic) bond motifs is 3. The molecule has 0 aliphatic carbocycles. The summed E-state index contributed by atoms with van der Waals surface area (Å²) in [4.78, 5) is 0. The lowest BCUT2D eigenvalue weighted by Gasteiger charge is -2.36. The van der Waals surface area contributed by atoms with Crippen LogP contribution in [-0.4, -0.2) is 12.6 Å². The van der Waals surface area contributed by atoms with Gasteiger partial charge in [-0.15, -0.1) is 0 Å². The number of nitriles is 2. The van der Waals surface area contributed by atoms with Gasteiger partial charge in [0.15, 0.2) is 8.07 Å². The Morgan fingerprint density at radius 3 is 1.42 bits per heavy atom. The highest BCUT2D eigenvalue weighted by Crippen LogP contribution is 2.34. The first-order valence-electron chi connectivity index (χ1n) is 16.0. The van der Waals surface area contributed by atoms with Crippen molar-refractivity contribution < 1.29 is 0 Å². The van der Waals surface area contributed by atoms with Gasteiger partial charge in [-0.25, -0.2) is 0 Å². The van der Waals surface area contributed by atoms with Crippen LogP contribution in [0.3, 0.4) is 0 Å². The summed E-state index contributed by atoms with van der Waals surface area (Å²) in [6.07, 6.45) is 0. The molecule has 0 unspecified atom stereocenters. The maximum Gasteiger partial charge on any atom is 0.180 e. The molecule has 0 aliphatic rings. The number of para-hydroxylation sites is 2. The molecule has 4 heteroatoms. The minimum absolute atomic E-state index is 0.524. The molecule has 0 atom stereocenters. The molecule has 0 saturated carbocycles. The summed E-state index contributed by atoms with van der Waals surface area (Å²) in [6.45, 7) is 0. The number of hydrogen-bond acceptors (Lipinski definition) is 2. The fourth-order valence-electron chi connectivity index (χ4n) is 7.46. The topological polar surface area (TPSA) is 52.5 Å². The van der Waals surface area contributed by atoms with Gasteiger partial charge in [-0.2, -0.15) is 10.5 Å². The van der Waals surface area contributed by atoms with Crippen molar-refractivity contribution in [2.45, 2.75) is 0 Å². The third kappa shape index (κ3) is 4.48. The molecular weight excluding hydrogens is 599 g/mol. The minimum atomic E-state index is -3.02. The first kappa shape index (κ1) is 29.0. The molecule has 1 heterocycles. The Labute approximate surface area is 280 Å². The standard InChI is InChI=1S/C44H29N3Si/c45-30-32-15-14-26-43(48(35-16-4-1-5-17-35,36-18-6-2-7-19-36)37-20-8-3-9-21-37)44(32)38-28-27-34(29-33(38)31-46)47-41-24-12-10-22-39(41)40-23-11-13-25-42(40)47/h1-29H. The third-order valence-corrected chi connectivity index (χ3v) is 14.3. The van der Waals surface area contributed by atoms with Gasteiger partial charge in [0.2, 0.25) is 0 Å². The molecule has 7 aromatic carbocycles. The normalized spacial score (nSPS) is 11.3. The molecule has 0 radical (unpaired) electrons. The van der Waals surface area contributed by atoms with E-state index in [1.807, 2.05) is 54.6 Å². The molecule has 3 nitrogen and oxygen atoms in total. The molecule has 0 saturated heterocycles. The van der Waals surface area contributed by atoms with Gasteiger partial charge in [-0.1, -0.05) is 146 Å². The molecule has 0 bridgehead atoms. The highest BCUT2D eigenvalue weighted by Gasteiger charge is 2.43. The molecule has 8 rings (SSSR count). The van der Waals surface area contributed by atoms with Crippen LogP contribution in [0.25, 0.3) is 38.6 Å². The maximum atomic E-state index is 10.8. The van der Waals surface area contributed by atoms with Crippen LogP contribution >= 0.6 is 0 Å². The van der Waals surface area contributed by atoms with Crippen LogP contribution in [0.4, 0.5) is 0 Å². The first-order chi connectivity index (χ1) is 23.8. The monoisotopic (exact) mass is 627 g/mol. The van der Waals surface area contributed by atoms with Crippen molar-refractivity contribution in [3.63, 3.8) is 0 Å². The molecule has 224 valence electrons. The molecular formula is C44H29N3Si. The summed E-state index contributed by atoms with van der Waals surface area (Å²) in [7, 11) is -3.02. The lowest BCUT2D eigenvalue weighted by molar-refractivity contribution is 1.18. The van der Waals surface area contributed by atoms with Crippen molar-refractivity contribution in [3.8, 4) is 29.0 Å². The zero-order chi connectivity index (χ0) is 32.5. The predicted molar refractivity (Wildman–Crippen MR) is 199 cm³/mol. The van der Waals surface area contributed by atoms with E-state index in [1.54, 1.807) is 0 Å². The average molecular weight is 628 g/mol. The fraction of sp³-hybridized carbons (Fsp3) is 0. The van der Waals surface area contributed by atoms with Gasteiger partial charge in [0, 0.05) is 27.6 Å². The quantitative estimate of drug-likeness (QED) is 0.141. The van der Waals surface area contributed by atoms with Crippen molar-refractivity contribution in [3.05, 3.63) is 187 Å².